The summed E-state index contributed by atoms with van der Waals surface area (Å²) >= 11 is 0. The summed E-state index contributed by atoms with van der Waals surface area (Å²) in [5.41, 5.74) is -0.678. The molecule has 1 aliphatic rings. The molecule has 0 saturated carbocycles. The van der Waals surface area contributed by atoms with E-state index in [1.165, 1.54) is 4.90 Å². The molecule has 1 atom stereocenters. The Hall–Kier alpha value is -3.16. The Bertz CT molecular complexity index is 870. The third kappa shape index (κ3) is 4.16. The van der Waals surface area contributed by atoms with Gasteiger partial charge in [0.25, 0.3) is 0 Å². The second-order valence-electron chi connectivity index (χ2n) is 6.67. The third-order valence-corrected chi connectivity index (χ3v) is 4.47. The number of urea groups is 1. The molecule has 2 amide bonds. The first kappa shape index (κ1) is 18.6. The molecule has 0 aliphatic carbocycles. The minimum Gasteiger partial charge on any atom is -0.481 e. The summed E-state index contributed by atoms with van der Waals surface area (Å²) in [6.07, 6.45) is 0.358. The van der Waals surface area contributed by atoms with Gasteiger partial charge < -0.3 is 20.1 Å². The Morgan fingerprint density at radius 2 is 1.85 bits per heavy atom. The van der Waals surface area contributed by atoms with Crippen LogP contribution in [0, 0.1) is 17.0 Å². The van der Waals surface area contributed by atoms with E-state index in [0.717, 1.165) is 18.2 Å². The van der Waals surface area contributed by atoms with Crippen molar-refractivity contribution in [2.45, 2.75) is 13.3 Å². The van der Waals surface area contributed by atoms with E-state index in [2.05, 4.69) is 5.32 Å². The fraction of sp³-hybridized carbons (Fsp3) is 0.263. The summed E-state index contributed by atoms with van der Waals surface area (Å²) < 4.78 is 32.2. The zero-order valence-corrected chi connectivity index (χ0v) is 14.5. The highest BCUT2D eigenvalue weighted by atomic mass is 19.1. The number of para-hydroxylation sites is 2. The van der Waals surface area contributed by atoms with E-state index in [1.54, 1.807) is 31.2 Å². The molecule has 2 N–H and O–H groups in total. The molecule has 0 bridgehead atoms. The number of amides is 2. The molecular formula is C19H18F2N2O4. The summed E-state index contributed by atoms with van der Waals surface area (Å²) in [5, 5.41) is 11.9. The molecule has 1 aliphatic heterocycles. The lowest BCUT2D eigenvalue weighted by Crippen LogP contribution is -2.37. The summed E-state index contributed by atoms with van der Waals surface area (Å²) in [5.74, 6) is -2.35. The first-order valence-electron chi connectivity index (χ1n) is 8.29. The number of carboxylic acids is 1. The smallest absolute Gasteiger partial charge is 0.321 e. The van der Waals surface area contributed by atoms with Crippen LogP contribution in [0.15, 0.2) is 42.5 Å². The van der Waals surface area contributed by atoms with Crippen LogP contribution in [-0.4, -0.2) is 35.1 Å². The number of carbonyl (C=O) groups is 2. The van der Waals surface area contributed by atoms with Crippen LogP contribution in [0.5, 0.6) is 11.5 Å². The molecule has 1 fully saturated rings. The minimum atomic E-state index is -0.980. The van der Waals surface area contributed by atoms with Gasteiger partial charge in [-0.15, -0.1) is 0 Å². The number of benzene rings is 2. The molecule has 3 rings (SSSR count). The van der Waals surface area contributed by atoms with Crippen molar-refractivity contribution in [3.8, 4) is 11.5 Å². The number of carboxylic acid groups (broad SMARTS) is 1. The van der Waals surface area contributed by atoms with Crippen molar-refractivity contribution in [1.29, 1.82) is 0 Å². The second-order valence-corrected chi connectivity index (χ2v) is 6.67. The van der Waals surface area contributed by atoms with E-state index < -0.39 is 29.0 Å². The van der Waals surface area contributed by atoms with Gasteiger partial charge in [-0.25, -0.2) is 13.6 Å². The van der Waals surface area contributed by atoms with Crippen LogP contribution in [0.3, 0.4) is 0 Å². The van der Waals surface area contributed by atoms with Crippen LogP contribution < -0.4 is 10.1 Å². The van der Waals surface area contributed by atoms with Crippen molar-refractivity contribution < 1.29 is 28.2 Å². The summed E-state index contributed by atoms with van der Waals surface area (Å²) in [7, 11) is 0. The molecular weight excluding hydrogens is 358 g/mol. The Balaban J connectivity index is 1.74. The number of carbonyl (C=O) groups excluding carboxylic acids is 1. The average Bonchev–Trinajstić information content (AvgIpc) is 3.00. The minimum absolute atomic E-state index is 0.0474. The summed E-state index contributed by atoms with van der Waals surface area (Å²) in [6.45, 7) is 2.00. The van der Waals surface area contributed by atoms with E-state index in [0.29, 0.717) is 18.7 Å². The van der Waals surface area contributed by atoms with E-state index in [4.69, 9.17) is 4.74 Å². The molecule has 1 heterocycles. The number of hydrogen-bond acceptors (Lipinski definition) is 3. The fourth-order valence-electron chi connectivity index (χ4n) is 2.88. The zero-order valence-electron chi connectivity index (χ0n) is 14.5. The van der Waals surface area contributed by atoms with Crippen LogP contribution in [0.4, 0.5) is 19.3 Å². The highest BCUT2D eigenvalue weighted by Crippen LogP contribution is 2.33. The van der Waals surface area contributed by atoms with Gasteiger partial charge in [0, 0.05) is 31.3 Å². The maximum atomic E-state index is 13.3. The lowest BCUT2D eigenvalue weighted by molar-refractivity contribution is -0.146. The highest BCUT2D eigenvalue weighted by molar-refractivity contribution is 5.92. The number of anilines is 1. The van der Waals surface area contributed by atoms with Crippen molar-refractivity contribution in [3.05, 3.63) is 54.1 Å². The maximum Gasteiger partial charge on any atom is 0.321 e. The first-order chi connectivity index (χ1) is 12.8. The molecule has 2 aromatic rings. The first-order valence-corrected chi connectivity index (χ1v) is 8.29. The molecule has 0 spiro atoms. The van der Waals surface area contributed by atoms with Gasteiger partial charge in [0.1, 0.15) is 17.4 Å². The lowest BCUT2D eigenvalue weighted by atomic mass is 9.90. The van der Waals surface area contributed by atoms with Gasteiger partial charge in [-0.2, -0.15) is 0 Å². The van der Waals surface area contributed by atoms with Crippen molar-refractivity contribution in [1.82, 2.24) is 4.90 Å². The van der Waals surface area contributed by atoms with E-state index in [-0.39, 0.29) is 18.0 Å². The number of hydrogen-bond donors (Lipinski definition) is 2. The Morgan fingerprint density at radius 3 is 2.48 bits per heavy atom. The molecule has 0 aromatic heterocycles. The van der Waals surface area contributed by atoms with E-state index in [1.807, 2.05) is 0 Å². The third-order valence-electron chi connectivity index (χ3n) is 4.47. The Kier molecular flexibility index (Phi) is 4.98. The van der Waals surface area contributed by atoms with Crippen LogP contribution in [0.2, 0.25) is 0 Å². The standard InChI is InChI=1S/C19H18F2N2O4/c1-19(17(24)25)6-7-23(11-19)18(26)22-15-4-2-3-5-16(15)27-14-9-12(20)8-13(21)10-14/h2-5,8-10H,6-7,11H2,1H3,(H,22,26)(H,24,25). The molecule has 142 valence electrons. The molecule has 2 aromatic carbocycles. The Labute approximate surface area is 154 Å². The monoisotopic (exact) mass is 376 g/mol. The van der Waals surface area contributed by atoms with E-state index in [9.17, 15) is 23.5 Å². The van der Waals surface area contributed by atoms with Crippen molar-refractivity contribution in [3.63, 3.8) is 0 Å². The second kappa shape index (κ2) is 7.22. The van der Waals surface area contributed by atoms with Gasteiger partial charge in [-0.1, -0.05) is 12.1 Å². The molecule has 1 saturated heterocycles. The lowest BCUT2D eigenvalue weighted by Gasteiger charge is -2.21. The van der Waals surface area contributed by atoms with Gasteiger partial charge in [0.2, 0.25) is 0 Å². The zero-order chi connectivity index (χ0) is 19.6. The number of nitrogens with one attached hydrogen (secondary N) is 1. The van der Waals surface area contributed by atoms with Crippen molar-refractivity contribution >= 4 is 17.7 Å². The highest BCUT2D eigenvalue weighted by Gasteiger charge is 2.42. The topological polar surface area (TPSA) is 78.9 Å². The van der Waals surface area contributed by atoms with E-state index >= 15 is 0 Å². The largest absolute Gasteiger partial charge is 0.481 e. The van der Waals surface area contributed by atoms with Gasteiger partial charge in [-0.05, 0) is 25.5 Å². The summed E-state index contributed by atoms with van der Waals surface area (Å²) in [6, 6.07) is 8.76. The predicted molar refractivity (Wildman–Crippen MR) is 93.8 cm³/mol. The van der Waals surface area contributed by atoms with Crippen LogP contribution in [0.25, 0.3) is 0 Å². The van der Waals surface area contributed by atoms with Gasteiger partial charge in [-0.3, -0.25) is 4.79 Å². The fourth-order valence-corrected chi connectivity index (χ4v) is 2.88. The molecule has 8 heteroatoms. The van der Waals surface area contributed by atoms with Gasteiger partial charge >= 0.3 is 12.0 Å². The summed E-state index contributed by atoms with van der Waals surface area (Å²) in [4.78, 5) is 25.2. The molecule has 27 heavy (non-hydrogen) atoms. The normalized spacial score (nSPS) is 19.0. The maximum absolute atomic E-state index is 13.3. The van der Waals surface area contributed by atoms with Crippen molar-refractivity contribution in [2.75, 3.05) is 18.4 Å². The van der Waals surface area contributed by atoms with Gasteiger partial charge in [0.05, 0.1) is 11.1 Å². The quantitative estimate of drug-likeness (QED) is 0.843. The SMILES string of the molecule is CC1(C(=O)O)CCN(C(=O)Nc2ccccc2Oc2cc(F)cc(F)c2)C1. The molecule has 6 nitrogen and oxygen atoms in total. The molecule has 0 radical (unpaired) electrons. The number of likely N-dealkylation sites (tertiary alicyclic amines) is 1. The van der Waals surface area contributed by atoms with Crippen LogP contribution >= 0.6 is 0 Å². The Morgan fingerprint density at radius 1 is 1.19 bits per heavy atom. The van der Waals surface area contributed by atoms with Crippen LogP contribution in [-0.2, 0) is 4.79 Å². The van der Waals surface area contributed by atoms with Gasteiger partial charge in [0.15, 0.2) is 5.75 Å². The predicted octanol–water partition coefficient (Wildman–Crippen LogP) is 4.09. The average molecular weight is 376 g/mol. The number of ether oxygens (including phenoxy) is 1. The number of halogens is 2. The number of aliphatic carboxylic acids is 1. The number of nitrogens with zero attached hydrogens (tertiary/aromatic N) is 1. The molecule has 1 unspecified atom stereocenters. The number of rotatable bonds is 4. The van der Waals surface area contributed by atoms with Crippen molar-refractivity contribution in [2.24, 2.45) is 5.41 Å². The van der Waals surface area contributed by atoms with Crippen LogP contribution in [0.1, 0.15) is 13.3 Å².